The third-order valence-electron chi connectivity index (χ3n) is 8.76. The van der Waals surface area contributed by atoms with E-state index in [1.54, 1.807) is 71.9 Å². The molecule has 0 spiro atoms. The van der Waals surface area contributed by atoms with E-state index in [1.807, 2.05) is 6.92 Å². The number of rotatable bonds is 17. The number of carboxylic acids is 1. The Morgan fingerprint density at radius 1 is 0.939 bits per heavy atom. The van der Waals surface area contributed by atoms with Gasteiger partial charge in [-0.15, -0.1) is 0 Å². The number of nitrogens with zero attached hydrogens (tertiary/aromatic N) is 3. The van der Waals surface area contributed by atoms with E-state index in [0.29, 0.717) is 23.4 Å². The molecule has 0 aromatic heterocycles. The summed E-state index contributed by atoms with van der Waals surface area (Å²) in [5, 5.41) is 12.2. The number of anilines is 1. The van der Waals surface area contributed by atoms with E-state index in [-0.39, 0.29) is 45.0 Å². The number of carbonyl (C=O) groups is 7. The Hall–Kier alpha value is -4.13. The lowest BCUT2D eigenvalue weighted by atomic mass is 9.93. The van der Waals surface area contributed by atoms with Crippen molar-refractivity contribution < 1.29 is 40.0 Å². The molecule has 1 heterocycles. The van der Waals surface area contributed by atoms with Gasteiger partial charge in [0.25, 0.3) is 11.8 Å². The summed E-state index contributed by atoms with van der Waals surface area (Å²) in [6.45, 7) is 11.9. The Labute approximate surface area is 291 Å². The lowest BCUT2D eigenvalue weighted by Crippen LogP contribution is -2.66. The SMILES string of the molecule is [2H]CCCC(=O)C(=O)N(C(=O)[C@@H]1CCCN1C(=O)[C@H](C(C)C)N(C(=O)CCC)c1ccccc1)[C@H](C(=O)N[C@H](C(=O)O)C(C)C)C(N)C(C)C. The predicted molar refractivity (Wildman–Crippen MR) is 185 cm³/mol. The minimum atomic E-state index is -1.79. The zero-order valence-corrected chi connectivity index (χ0v) is 29.9. The van der Waals surface area contributed by atoms with E-state index in [2.05, 4.69) is 5.32 Å². The van der Waals surface area contributed by atoms with Crippen LogP contribution in [0.2, 0.25) is 0 Å². The standard InChI is InChI=1S/C36H55N5O8/c1-9-15-26(42)34(46)41(31(28(37)21(3)4)32(44)38-29(22(5)6)36(48)49)33(45)25-19-14-20-39(25)35(47)30(23(7)8)40(27(43)16-10-2)24-17-12-11-13-18-24/h11-13,17-18,21-23,25,28-31H,9-10,14-16,19-20,37H2,1-8H3,(H,38,44)(H,48,49)/t25-,28?,29-,30-,31-/m0/s1/i1D. The fourth-order valence-electron chi connectivity index (χ4n) is 6.04. The van der Waals surface area contributed by atoms with Gasteiger partial charge in [-0.2, -0.15) is 0 Å². The molecule has 49 heavy (non-hydrogen) atoms. The highest BCUT2D eigenvalue weighted by Crippen LogP contribution is 2.29. The second kappa shape index (κ2) is 18.6. The number of hydrogen-bond donors (Lipinski definition) is 3. The number of imide groups is 1. The molecule has 1 fully saturated rings. The van der Waals surface area contributed by atoms with Crippen molar-refractivity contribution in [2.45, 2.75) is 124 Å². The molecule has 1 aliphatic heterocycles. The van der Waals surface area contributed by atoms with Crippen molar-refractivity contribution in [1.29, 1.82) is 0 Å². The third-order valence-corrected chi connectivity index (χ3v) is 8.76. The van der Waals surface area contributed by atoms with Gasteiger partial charge in [0, 0.05) is 32.5 Å². The van der Waals surface area contributed by atoms with E-state index >= 15 is 0 Å². The molecule has 13 nitrogen and oxygen atoms in total. The topological polar surface area (TPSA) is 187 Å². The van der Waals surface area contributed by atoms with E-state index < -0.39 is 83.3 Å². The number of para-hydroxylation sites is 1. The average molecular weight is 687 g/mol. The molecule has 0 saturated carbocycles. The highest BCUT2D eigenvalue weighted by molar-refractivity contribution is 6.39. The number of likely N-dealkylation sites (tertiary alicyclic amines) is 1. The molecule has 4 N–H and O–H groups in total. The van der Waals surface area contributed by atoms with Crippen molar-refractivity contribution >= 4 is 47.0 Å². The van der Waals surface area contributed by atoms with E-state index in [9.17, 15) is 38.7 Å². The van der Waals surface area contributed by atoms with Gasteiger partial charge in [0.2, 0.25) is 23.5 Å². The summed E-state index contributed by atoms with van der Waals surface area (Å²) in [6.07, 6.45) is 0.833. The molecule has 1 aromatic rings. The molecule has 1 aromatic carbocycles. The molecule has 0 bridgehead atoms. The average Bonchev–Trinajstić information content (AvgIpc) is 3.56. The lowest BCUT2D eigenvalue weighted by molar-refractivity contribution is -0.161. The van der Waals surface area contributed by atoms with Crippen molar-refractivity contribution in [3.8, 4) is 0 Å². The van der Waals surface area contributed by atoms with Crippen LogP contribution in [0.25, 0.3) is 0 Å². The van der Waals surface area contributed by atoms with Gasteiger partial charge < -0.3 is 21.1 Å². The number of nitrogens with one attached hydrogen (secondary N) is 1. The highest BCUT2D eigenvalue weighted by atomic mass is 16.4. The van der Waals surface area contributed by atoms with Gasteiger partial charge in [-0.05, 0) is 55.6 Å². The van der Waals surface area contributed by atoms with Gasteiger partial charge in [-0.1, -0.05) is 73.6 Å². The first-order valence-corrected chi connectivity index (χ1v) is 17.2. The number of hydrogen-bond acceptors (Lipinski definition) is 8. The van der Waals surface area contributed by atoms with Gasteiger partial charge in [0.05, 0.1) is 0 Å². The van der Waals surface area contributed by atoms with Crippen molar-refractivity contribution in [3.05, 3.63) is 30.3 Å². The second-order valence-electron chi connectivity index (χ2n) is 13.6. The quantitative estimate of drug-likeness (QED) is 0.207. The van der Waals surface area contributed by atoms with Gasteiger partial charge >= 0.3 is 5.97 Å². The van der Waals surface area contributed by atoms with Crippen LogP contribution in [0, 0.1) is 17.8 Å². The van der Waals surface area contributed by atoms with Crippen molar-refractivity contribution in [3.63, 3.8) is 0 Å². The molecule has 0 aliphatic carbocycles. The number of benzene rings is 1. The van der Waals surface area contributed by atoms with Crippen LogP contribution >= 0.6 is 0 Å². The second-order valence-corrected chi connectivity index (χ2v) is 13.6. The fourth-order valence-corrected chi connectivity index (χ4v) is 6.04. The van der Waals surface area contributed by atoms with Crippen molar-refractivity contribution in [2.75, 3.05) is 11.4 Å². The zero-order valence-electron chi connectivity index (χ0n) is 30.9. The molecule has 5 amide bonds. The maximum Gasteiger partial charge on any atom is 0.326 e. The highest BCUT2D eigenvalue weighted by Gasteiger charge is 2.49. The summed E-state index contributed by atoms with van der Waals surface area (Å²) >= 11 is 0. The predicted octanol–water partition coefficient (Wildman–Crippen LogP) is 3.14. The van der Waals surface area contributed by atoms with Gasteiger partial charge in [0.15, 0.2) is 0 Å². The number of aliphatic carboxylic acids is 1. The largest absolute Gasteiger partial charge is 0.480 e. The summed E-state index contributed by atoms with van der Waals surface area (Å²) in [4.78, 5) is 99.1. The number of ketones is 1. The van der Waals surface area contributed by atoms with Crippen LogP contribution in [0.15, 0.2) is 30.3 Å². The number of carboxylic acid groups (broad SMARTS) is 1. The Morgan fingerprint density at radius 2 is 1.57 bits per heavy atom. The van der Waals surface area contributed by atoms with Crippen molar-refractivity contribution in [2.24, 2.45) is 23.5 Å². The van der Waals surface area contributed by atoms with Crippen LogP contribution in [0.1, 0.15) is 95.3 Å². The maximum atomic E-state index is 14.7. The Kier molecular flexibility index (Phi) is 14.9. The minimum Gasteiger partial charge on any atom is -0.480 e. The molecular formula is C36H55N5O8. The number of amides is 5. The van der Waals surface area contributed by atoms with E-state index in [0.717, 1.165) is 0 Å². The molecule has 0 radical (unpaired) electrons. The van der Waals surface area contributed by atoms with Crippen LogP contribution in [0.3, 0.4) is 0 Å². The first kappa shape index (κ1) is 39.3. The molecule has 1 saturated heterocycles. The van der Waals surface area contributed by atoms with Gasteiger partial charge in [-0.3, -0.25) is 38.6 Å². The van der Waals surface area contributed by atoms with Crippen LogP contribution in [-0.4, -0.2) is 92.9 Å². The Morgan fingerprint density at radius 3 is 2.08 bits per heavy atom. The van der Waals surface area contributed by atoms with Crippen LogP contribution in [0.5, 0.6) is 0 Å². The van der Waals surface area contributed by atoms with E-state index in [4.69, 9.17) is 7.10 Å². The third kappa shape index (κ3) is 9.96. The molecule has 5 atom stereocenters. The van der Waals surface area contributed by atoms with Crippen LogP contribution in [-0.2, 0) is 33.6 Å². The molecule has 1 aliphatic rings. The van der Waals surface area contributed by atoms with E-state index in [1.165, 1.54) is 9.80 Å². The molecule has 272 valence electrons. The first-order chi connectivity index (χ1) is 23.5. The molecule has 2 rings (SSSR count). The summed E-state index contributed by atoms with van der Waals surface area (Å²) in [5.41, 5.74) is 7.00. The Bertz CT molecular complexity index is 1370. The maximum absolute atomic E-state index is 14.7. The molecular weight excluding hydrogens is 630 g/mol. The first-order valence-electron chi connectivity index (χ1n) is 17.9. The number of carbonyl (C=O) groups excluding carboxylic acids is 6. The van der Waals surface area contributed by atoms with Crippen LogP contribution < -0.4 is 16.0 Å². The van der Waals surface area contributed by atoms with Crippen LogP contribution in [0.4, 0.5) is 5.69 Å². The molecule has 1 unspecified atom stereocenters. The summed E-state index contributed by atoms with van der Waals surface area (Å²) in [6, 6.07) is 2.04. The monoisotopic (exact) mass is 686 g/mol. The number of nitrogens with two attached hydrogens (primary N) is 1. The molecule has 13 heteroatoms. The normalized spacial score (nSPS) is 17.2. The fraction of sp³-hybridized carbons (Fsp3) is 0.639. The summed E-state index contributed by atoms with van der Waals surface area (Å²) < 4.78 is 7.44. The summed E-state index contributed by atoms with van der Waals surface area (Å²) in [7, 11) is 0. The lowest BCUT2D eigenvalue weighted by Gasteiger charge is -2.40. The zero-order chi connectivity index (χ0) is 37.9. The Balaban J connectivity index is 2.71. The van der Waals surface area contributed by atoms with Crippen molar-refractivity contribution in [1.82, 2.24) is 15.1 Å². The smallest absolute Gasteiger partial charge is 0.326 e. The van der Waals surface area contributed by atoms with Gasteiger partial charge in [-0.25, -0.2) is 4.79 Å². The minimum absolute atomic E-state index is 0.0271. The number of Topliss-reactive ketones (excluding diaryl/α,β-unsaturated/α-hetero) is 1. The van der Waals surface area contributed by atoms with Gasteiger partial charge in [0.1, 0.15) is 24.2 Å². The summed E-state index contributed by atoms with van der Waals surface area (Å²) in [5.74, 6) is -8.01.